The van der Waals surface area contributed by atoms with E-state index in [1.807, 2.05) is 0 Å². The maximum atomic E-state index is 4.80. The van der Waals surface area contributed by atoms with Crippen LogP contribution in [0.1, 0.15) is 87.7 Å². The smallest absolute Gasteiger partial charge is 0.0637 e. The van der Waals surface area contributed by atoms with Crippen LogP contribution in [0.5, 0.6) is 0 Å². The molecule has 4 rings (SSSR count). The van der Waals surface area contributed by atoms with Gasteiger partial charge in [-0.2, -0.15) is 0 Å². The predicted molar refractivity (Wildman–Crippen MR) is 127 cm³/mol. The Morgan fingerprint density at radius 1 is 0.900 bits per heavy atom. The van der Waals surface area contributed by atoms with Crippen molar-refractivity contribution in [3.63, 3.8) is 0 Å². The lowest BCUT2D eigenvalue weighted by molar-refractivity contribution is 0.513. The highest BCUT2D eigenvalue weighted by Crippen LogP contribution is 2.33. The summed E-state index contributed by atoms with van der Waals surface area (Å²) < 4.78 is 0. The first-order chi connectivity index (χ1) is 14.4. The summed E-state index contributed by atoms with van der Waals surface area (Å²) in [7, 11) is 2.20. The van der Waals surface area contributed by atoms with Crippen molar-refractivity contribution in [1.82, 2.24) is 9.97 Å². The van der Waals surface area contributed by atoms with Crippen molar-refractivity contribution in [2.75, 3.05) is 29.9 Å². The van der Waals surface area contributed by atoms with Gasteiger partial charge in [-0.05, 0) is 80.5 Å². The fraction of sp³-hybridized carbons (Fsp3) is 0.615. The summed E-state index contributed by atoms with van der Waals surface area (Å²) >= 11 is 0. The van der Waals surface area contributed by atoms with Crippen LogP contribution in [0.25, 0.3) is 0 Å². The lowest BCUT2D eigenvalue weighted by atomic mass is 9.92. The first-order valence-electron chi connectivity index (χ1n) is 11.9. The molecule has 2 aliphatic heterocycles. The molecule has 2 unspecified atom stereocenters. The van der Waals surface area contributed by atoms with Crippen LogP contribution >= 0.6 is 0 Å². The van der Waals surface area contributed by atoms with E-state index in [2.05, 4.69) is 69.1 Å². The van der Waals surface area contributed by atoms with Gasteiger partial charge in [0.05, 0.1) is 11.4 Å². The number of pyridine rings is 2. The second-order valence-electron chi connectivity index (χ2n) is 9.78. The molecule has 0 saturated heterocycles. The van der Waals surface area contributed by atoms with Crippen molar-refractivity contribution in [2.45, 2.75) is 84.1 Å². The molecule has 2 aromatic rings. The molecule has 0 saturated carbocycles. The molecule has 30 heavy (non-hydrogen) atoms. The van der Waals surface area contributed by atoms with Gasteiger partial charge in [0.25, 0.3) is 0 Å². The molecular weight excluding hydrogens is 368 g/mol. The average Bonchev–Trinajstić information content (AvgIpc) is 2.76. The summed E-state index contributed by atoms with van der Waals surface area (Å²) in [5, 5.41) is 0. The minimum Gasteiger partial charge on any atom is -0.373 e. The summed E-state index contributed by atoms with van der Waals surface area (Å²) in [6, 6.07) is 5.29. The molecular formula is C26H38N4. The van der Waals surface area contributed by atoms with E-state index in [-0.39, 0.29) is 0 Å². The van der Waals surface area contributed by atoms with Crippen LogP contribution in [-0.4, -0.2) is 36.1 Å². The topological polar surface area (TPSA) is 32.3 Å². The summed E-state index contributed by atoms with van der Waals surface area (Å²) in [6.07, 6.45) is 11.4. The molecule has 0 radical (unpaired) electrons. The van der Waals surface area contributed by atoms with Crippen LogP contribution in [0.4, 0.5) is 11.4 Å². The zero-order valence-corrected chi connectivity index (χ0v) is 19.5. The van der Waals surface area contributed by atoms with Crippen molar-refractivity contribution >= 4 is 11.4 Å². The maximum Gasteiger partial charge on any atom is 0.0637 e. The van der Waals surface area contributed by atoms with E-state index in [9.17, 15) is 0 Å². The normalized spacial score (nSPS) is 18.2. The fourth-order valence-electron chi connectivity index (χ4n) is 4.99. The first-order valence-corrected chi connectivity index (χ1v) is 11.9. The molecule has 2 aromatic heterocycles. The number of anilines is 2. The van der Waals surface area contributed by atoms with Gasteiger partial charge in [0, 0.05) is 50.0 Å². The van der Waals surface area contributed by atoms with Crippen LogP contribution in [0.3, 0.4) is 0 Å². The minimum atomic E-state index is 0.476. The van der Waals surface area contributed by atoms with Gasteiger partial charge in [0.2, 0.25) is 0 Å². The Hall–Kier alpha value is -2.10. The predicted octanol–water partition coefficient (Wildman–Crippen LogP) is 5.71. The second kappa shape index (κ2) is 8.95. The number of aromatic nitrogens is 2. The lowest BCUT2D eigenvalue weighted by Crippen LogP contribution is -2.37. The van der Waals surface area contributed by atoms with E-state index in [4.69, 9.17) is 9.97 Å². The van der Waals surface area contributed by atoms with Crippen molar-refractivity contribution in [2.24, 2.45) is 0 Å². The van der Waals surface area contributed by atoms with E-state index in [0.717, 1.165) is 25.9 Å². The average molecular weight is 407 g/mol. The Morgan fingerprint density at radius 3 is 2.50 bits per heavy atom. The Morgan fingerprint density at radius 2 is 1.70 bits per heavy atom. The van der Waals surface area contributed by atoms with E-state index >= 15 is 0 Å². The Labute approximate surface area is 182 Å². The van der Waals surface area contributed by atoms with Gasteiger partial charge in [0.15, 0.2) is 0 Å². The van der Waals surface area contributed by atoms with Crippen LogP contribution in [0.2, 0.25) is 0 Å². The molecule has 0 spiro atoms. The van der Waals surface area contributed by atoms with E-state index < -0.39 is 0 Å². The second-order valence-corrected chi connectivity index (χ2v) is 9.78. The van der Waals surface area contributed by atoms with Crippen molar-refractivity contribution in [3.8, 4) is 0 Å². The Kier molecular flexibility index (Phi) is 6.31. The molecule has 4 nitrogen and oxygen atoms in total. The largest absolute Gasteiger partial charge is 0.373 e. The van der Waals surface area contributed by atoms with Crippen LogP contribution in [0.15, 0.2) is 24.5 Å². The molecule has 2 aliphatic rings. The summed E-state index contributed by atoms with van der Waals surface area (Å²) in [5.74, 6) is 1.01. The molecule has 0 amide bonds. The van der Waals surface area contributed by atoms with Gasteiger partial charge >= 0.3 is 0 Å². The lowest BCUT2D eigenvalue weighted by Gasteiger charge is -2.37. The number of hydrogen-bond acceptors (Lipinski definition) is 4. The Bertz CT molecular complexity index is 875. The molecule has 0 aromatic carbocycles. The van der Waals surface area contributed by atoms with Gasteiger partial charge < -0.3 is 9.80 Å². The highest BCUT2D eigenvalue weighted by molar-refractivity contribution is 5.57. The first kappa shape index (κ1) is 21.1. The van der Waals surface area contributed by atoms with Crippen molar-refractivity contribution < 1.29 is 0 Å². The highest BCUT2D eigenvalue weighted by atomic mass is 15.2. The zero-order valence-electron chi connectivity index (χ0n) is 19.5. The van der Waals surface area contributed by atoms with Crippen LogP contribution < -0.4 is 9.80 Å². The molecule has 0 bridgehead atoms. The van der Waals surface area contributed by atoms with Gasteiger partial charge in [-0.3, -0.25) is 9.97 Å². The molecule has 4 heteroatoms. The number of hydrogen-bond donors (Lipinski definition) is 0. The highest BCUT2D eigenvalue weighted by Gasteiger charge is 2.24. The third-order valence-corrected chi connectivity index (χ3v) is 7.13. The van der Waals surface area contributed by atoms with E-state index in [1.54, 1.807) is 0 Å². The van der Waals surface area contributed by atoms with Crippen molar-refractivity contribution in [3.05, 3.63) is 47.0 Å². The van der Waals surface area contributed by atoms with Crippen LogP contribution in [-0.2, 0) is 12.8 Å². The fourth-order valence-corrected chi connectivity index (χ4v) is 4.99. The summed E-state index contributed by atoms with van der Waals surface area (Å²) in [5.41, 5.74) is 8.07. The van der Waals surface area contributed by atoms with Crippen molar-refractivity contribution in [1.29, 1.82) is 0 Å². The standard InChI is InChI=1S/C26H38N4/c1-18(2)24-15-25-21(16-28-24)8-6-13-30(25)20(4)11-10-19(3)22-14-26-23(27-17-22)9-7-12-29(26)5/h14-20H,6-13H2,1-5H3. The molecule has 4 heterocycles. The number of nitrogens with zero attached hydrogens (tertiary/aromatic N) is 4. The minimum absolute atomic E-state index is 0.476. The zero-order chi connectivity index (χ0) is 21.3. The Balaban J connectivity index is 1.44. The number of fused-ring (bicyclic) bond motifs is 2. The monoisotopic (exact) mass is 406 g/mol. The SMILES string of the molecule is CC(C)c1cc2c(cn1)CCCN2C(C)CCC(C)c1cnc2c(c1)N(C)CCC2. The van der Waals surface area contributed by atoms with Gasteiger partial charge in [-0.25, -0.2) is 0 Å². The molecule has 0 N–H and O–H groups in total. The quantitative estimate of drug-likeness (QED) is 0.615. The maximum absolute atomic E-state index is 4.80. The molecule has 0 aliphatic carbocycles. The van der Waals surface area contributed by atoms with E-state index in [0.29, 0.717) is 17.9 Å². The third-order valence-electron chi connectivity index (χ3n) is 7.13. The molecule has 0 fully saturated rings. The summed E-state index contributed by atoms with van der Waals surface area (Å²) in [6.45, 7) is 11.5. The number of rotatable bonds is 6. The molecule has 162 valence electrons. The third kappa shape index (κ3) is 4.33. The van der Waals surface area contributed by atoms with Gasteiger partial charge in [-0.1, -0.05) is 20.8 Å². The van der Waals surface area contributed by atoms with Gasteiger partial charge in [-0.15, -0.1) is 0 Å². The van der Waals surface area contributed by atoms with Crippen LogP contribution in [0, 0.1) is 0 Å². The van der Waals surface area contributed by atoms with Gasteiger partial charge in [0.1, 0.15) is 0 Å². The number of aryl methyl sites for hydroxylation is 2. The molecule has 2 atom stereocenters. The van der Waals surface area contributed by atoms with E-state index in [1.165, 1.54) is 59.6 Å². The summed E-state index contributed by atoms with van der Waals surface area (Å²) in [4.78, 5) is 14.5.